The summed E-state index contributed by atoms with van der Waals surface area (Å²) in [6.45, 7) is 5.63. The number of alkyl halides is 3. The van der Waals surface area contributed by atoms with Crippen LogP contribution >= 0.6 is 0 Å². The second-order valence-electron chi connectivity index (χ2n) is 9.58. The van der Waals surface area contributed by atoms with Gasteiger partial charge in [0.2, 0.25) is 10.0 Å². The van der Waals surface area contributed by atoms with Gasteiger partial charge < -0.3 is 14.4 Å². The highest BCUT2D eigenvalue weighted by atomic mass is 32.2. The molecule has 2 aromatic rings. The van der Waals surface area contributed by atoms with Crippen LogP contribution in [0.25, 0.3) is 0 Å². The Bertz CT molecular complexity index is 1200. The highest BCUT2D eigenvalue weighted by molar-refractivity contribution is 7.92. The molecule has 1 aliphatic heterocycles. The van der Waals surface area contributed by atoms with E-state index in [2.05, 4.69) is 16.8 Å². The predicted octanol–water partition coefficient (Wildman–Crippen LogP) is 3.39. The Labute approximate surface area is 221 Å². The summed E-state index contributed by atoms with van der Waals surface area (Å²) in [4.78, 5) is 21.1. The zero-order valence-corrected chi connectivity index (χ0v) is 22.6. The van der Waals surface area contributed by atoms with Crippen LogP contribution in [0.4, 0.5) is 18.9 Å². The van der Waals surface area contributed by atoms with Gasteiger partial charge in [0, 0.05) is 58.3 Å². The van der Waals surface area contributed by atoms with Crippen LogP contribution < -0.4 is 9.46 Å². The van der Waals surface area contributed by atoms with Crippen molar-refractivity contribution < 1.29 is 35.9 Å². The van der Waals surface area contributed by atoms with Crippen molar-refractivity contribution >= 4 is 21.6 Å². The van der Waals surface area contributed by atoms with Crippen LogP contribution in [-0.4, -0.2) is 87.0 Å². The molecule has 1 amide bonds. The van der Waals surface area contributed by atoms with Gasteiger partial charge in [-0.25, -0.2) is 8.42 Å². The fourth-order valence-corrected chi connectivity index (χ4v) is 5.28. The third-order valence-corrected chi connectivity index (χ3v) is 7.57. The molecule has 0 radical (unpaired) electrons. The van der Waals surface area contributed by atoms with E-state index >= 15 is 0 Å². The van der Waals surface area contributed by atoms with E-state index < -0.39 is 22.0 Å². The lowest BCUT2D eigenvalue weighted by molar-refractivity contribution is -0.106. The monoisotopic (exact) mass is 558 g/mol. The van der Waals surface area contributed by atoms with Gasteiger partial charge >= 0.3 is 6.18 Å². The smallest absolute Gasteiger partial charge is 0.404 e. The molecule has 0 unspecified atom stereocenters. The summed E-state index contributed by atoms with van der Waals surface area (Å²) in [5.41, 5.74) is 1.01. The number of carbonyl (C=O) groups excluding carboxylic acids is 1. The number of methoxy groups -OCH3 is 1. The number of likely N-dealkylation sites (N-methyl/N-ethyl adjacent to an activating group) is 1. The lowest BCUT2D eigenvalue weighted by Gasteiger charge is -2.36. The van der Waals surface area contributed by atoms with Crippen molar-refractivity contribution in [2.45, 2.75) is 38.7 Å². The van der Waals surface area contributed by atoms with Crippen molar-refractivity contribution in [3.05, 3.63) is 53.9 Å². The van der Waals surface area contributed by atoms with E-state index in [1.165, 1.54) is 23.1 Å². The zero-order chi connectivity index (χ0) is 28.1. The molecule has 0 spiro atoms. The van der Waals surface area contributed by atoms with Crippen LogP contribution in [0, 0.1) is 5.92 Å². The van der Waals surface area contributed by atoms with E-state index in [0.29, 0.717) is 13.1 Å². The highest BCUT2D eigenvalue weighted by Gasteiger charge is 2.35. The molecule has 1 aromatic heterocycles. The number of anilines is 1. The van der Waals surface area contributed by atoms with Gasteiger partial charge in [-0.1, -0.05) is 13.0 Å². The Kier molecular flexibility index (Phi) is 9.60. The Morgan fingerprint density at radius 3 is 2.58 bits per heavy atom. The molecule has 0 bridgehead atoms. The fraction of sp³-hybridized carbons (Fsp3) is 0.520. The third-order valence-electron chi connectivity index (χ3n) is 6.31. The molecule has 3 rings (SSSR count). The van der Waals surface area contributed by atoms with Gasteiger partial charge in [0.25, 0.3) is 5.91 Å². The summed E-state index contributed by atoms with van der Waals surface area (Å²) < 4.78 is 75.7. The Hall–Kier alpha value is -2.90. The van der Waals surface area contributed by atoms with Gasteiger partial charge in [0.05, 0.1) is 17.4 Å². The van der Waals surface area contributed by atoms with Crippen LogP contribution in [0.1, 0.15) is 29.8 Å². The summed E-state index contributed by atoms with van der Waals surface area (Å²) in [6.07, 6.45) is -1.70. The molecular weight excluding hydrogens is 525 g/mol. The molecule has 38 heavy (non-hydrogen) atoms. The molecule has 0 aliphatic carbocycles. The molecule has 9 nitrogen and oxygen atoms in total. The molecular formula is C25H33F3N4O5S. The second-order valence-corrected chi connectivity index (χ2v) is 11.3. The molecule has 1 aliphatic rings. The Balaban J connectivity index is 1.94. The van der Waals surface area contributed by atoms with Gasteiger partial charge in [-0.15, -0.1) is 0 Å². The maximum atomic E-state index is 13.3. The van der Waals surface area contributed by atoms with E-state index in [4.69, 9.17) is 9.47 Å². The summed E-state index contributed by atoms with van der Waals surface area (Å²) in [5, 5.41) is 0. The number of benzene rings is 1. The zero-order valence-electron chi connectivity index (χ0n) is 21.7. The van der Waals surface area contributed by atoms with Crippen molar-refractivity contribution in [3.63, 3.8) is 0 Å². The summed E-state index contributed by atoms with van der Waals surface area (Å²) >= 11 is 0. The topological polar surface area (TPSA) is 101 Å². The van der Waals surface area contributed by atoms with Crippen LogP contribution in [-0.2, 0) is 21.3 Å². The molecule has 0 fully saturated rings. The second kappa shape index (κ2) is 12.3. The molecule has 1 N–H and O–H groups in total. The van der Waals surface area contributed by atoms with Crippen molar-refractivity contribution in [1.82, 2.24) is 14.8 Å². The first-order valence-corrected chi connectivity index (χ1v) is 13.7. The predicted molar refractivity (Wildman–Crippen MR) is 136 cm³/mol. The standard InChI is InChI=1S/C25H33F3N4O5S/c1-17-12-32(13-19-6-5-9-29-11-19)18(2)15-37-22-10-20(30-38(34,35)16-25(26,27)28)7-8-21(22)24(33)31(3)14-23(17)36-4/h5-11,17-18,23,30H,12-16H2,1-4H3/t17-,18-,23-/m1/s1. The first-order chi connectivity index (χ1) is 17.8. The van der Waals surface area contributed by atoms with Gasteiger partial charge in [0.15, 0.2) is 5.75 Å². The normalized spacial score (nSPS) is 22.1. The number of hydrogen-bond donors (Lipinski definition) is 1. The van der Waals surface area contributed by atoms with Gasteiger partial charge in [-0.2, -0.15) is 13.2 Å². The minimum atomic E-state index is -4.90. The van der Waals surface area contributed by atoms with E-state index in [0.717, 1.165) is 5.56 Å². The summed E-state index contributed by atoms with van der Waals surface area (Å²) in [6, 6.07) is 7.48. The van der Waals surface area contributed by atoms with E-state index in [9.17, 15) is 26.4 Å². The number of nitrogens with zero attached hydrogens (tertiary/aromatic N) is 3. The lowest BCUT2D eigenvalue weighted by Crippen LogP contribution is -2.46. The fourth-order valence-electron chi connectivity index (χ4n) is 4.29. The van der Waals surface area contributed by atoms with Crippen LogP contribution in [0.2, 0.25) is 0 Å². The number of rotatable bonds is 6. The van der Waals surface area contributed by atoms with Crippen LogP contribution in [0.3, 0.4) is 0 Å². The number of aromatic nitrogens is 1. The first kappa shape index (κ1) is 29.7. The third kappa shape index (κ3) is 8.30. The number of pyridine rings is 1. The van der Waals surface area contributed by atoms with E-state index in [-0.39, 0.29) is 54.1 Å². The molecule has 2 heterocycles. The maximum absolute atomic E-state index is 13.3. The number of carbonyl (C=O) groups is 1. The summed E-state index contributed by atoms with van der Waals surface area (Å²) in [5.74, 6) is -2.31. The number of ether oxygens (including phenoxy) is 2. The lowest BCUT2D eigenvalue weighted by atomic mass is 10.0. The largest absolute Gasteiger partial charge is 0.491 e. The molecule has 0 saturated carbocycles. The van der Waals surface area contributed by atoms with Gasteiger partial charge in [0.1, 0.15) is 12.4 Å². The number of sulfonamides is 1. The van der Waals surface area contributed by atoms with Crippen molar-refractivity contribution in [2.24, 2.45) is 5.92 Å². The average Bonchev–Trinajstić information content (AvgIpc) is 2.83. The first-order valence-electron chi connectivity index (χ1n) is 12.0. The number of amides is 1. The Morgan fingerprint density at radius 2 is 1.95 bits per heavy atom. The maximum Gasteiger partial charge on any atom is 0.404 e. The van der Waals surface area contributed by atoms with E-state index in [1.54, 1.807) is 26.6 Å². The number of hydrogen-bond acceptors (Lipinski definition) is 7. The SMILES string of the molecule is CO[C@@H]1CN(C)C(=O)c2ccc(NS(=O)(=O)CC(F)(F)F)cc2OC[C@@H](C)N(Cc2cccnc2)C[C@H]1C. The van der Waals surface area contributed by atoms with E-state index in [1.807, 2.05) is 23.8 Å². The molecule has 210 valence electrons. The average molecular weight is 559 g/mol. The van der Waals surface area contributed by atoms with Crippen molar-refractivity contribution in [1.29, 1.82) is 0 Å². The van der Waals surface area contributed by atoms with Crippen LogP contribution in [0.15, 0.2) is 42.7 Å². The van der Waals surface area contributed by atoms with Gasteiger partial charge in [-0.3, -0.25) is 19.4 Å². The number of halogens is 3. The highest BCUT2D eigenvalue weighted by Crippen LogP contribution is 2.28. The molecule has 13 heteroatoms. The number of nitrogens with one attached hydrogen (secondary N) is 1. The Morgan fingerprint density at radius 1 is 1.21 bits per heavy atom. The van der Waals surface area contributed by atoms with Crippen molar-refractivity contribution in [2.75, 3.05) is 44.3 Å². The van der Waals surface area contributed by atoms with Crippen molar-refractivity contribution in [3.8, 4) is 5.75 Å². The minimum absolute atomic E-state index is 0.0543. The molecule has 3 atom stereocenters. The van der Waals surface area contributed by atoms with Crippen LogP contribution in [0.5, 0.6) is 5.75 Å². The molecule has 1 aromatic carbocycles. The summed E-state index contributed by atoms with van der Waals surface area (Å²) in [7, 11) is -1.50. The quantitative estimate of drug-likeness (QED) is 0.580. The number of fused-ring (bicyclic) bond motifs is 1. The van der Waals surface area contributed by atoms with Gasteiger partial charge in [-0.05, 0) is 36.6 Å². The minimum Gasteiger partial charge on any atom is -0.491 e. The molecule has 0 saturated heterocycles.